The van der Waals surface area contributed by atoms with Gasteiger partial charge in [-0.25, -0.2) is 4.79 Å². The Bertz CT molecular complexity index is 1120. The predicted molar refractivity (Wildman–Crippen MR) is 107 cm³/mol. The van der Waals surface area contributed by atoms with E-state index in [0.29, 0.717) is 29.6 Å². The molecule has 1 aromatic carbocycles. The molecule has 1 N–H and O–H groups in total. The molecule has 0 aliphatic heterocycles. The zero-order chi connectivity index (χ0) is 21.1. The highest BCUT2D eigenvalue weighted by Crippen LogP contribution is 2.29. The highest BCUT2D eigenvalue weighted by atomic mass is 16.4. The van der Waals surface area contributed by atoms with Crippen molar-refractivity contribution in [2.75, 3.05) is 0 Å². The van der Waals surface area contributed by atoms with Crippen LogP contribution in [-0.4, -0.2) is 17.9 Å². The van der Waals surface area contributed by atoms with Crippen molar-refractivity contribution in [3.8, 4) is 0 Å². The van der Waals surface area contributed by atoms with E-state index in [1.165, 1.54) is 0 Å². The van der Waals surface area contributed by atoms with Gasteiger partial charge in [0.25, 0.3) is 0 Å². The van der Waals surface area contributed by atoms with E-state index in [4.69, 9.17) is 8.83 Å². The van der Waals surface area contributed by atoms with E-state index in [2.05, 4.69) is 5.32 Å². The lowest BCUT2D eigenvalue weighted by Crippen LogP contribution is -2.47. The minimum absolute atomic E-state index is 0.0139. The van der Waals surface area contributed by atoms with E-state index in [-0.39, 0.29) is 12.8 Å². The Hall–Kier alpha value is -3.09. The van der Waals surface area contributed by atoms with E-state index >= 15 is 0 Å². The molecule has 0 aliphatic rings. The third-order valence-electron chi connectivity index (χ3n) is 5.24. The van der Waals surface area contributed by atoms with Crippen molar-refractivity contribution in [3.63, 3.8) is 0 Å². The molecule has 154 valence electrons. The van der Waals surface area contributed by atoms with Crippen molar-refractivity contribution in [2.24, 2.45) is 0 Å². The third kappa shape index (κ3) is 4.34. The Morgan fingerprint density at radius 3 is 2.62 bits per heavy atom. The summed E-state index contributed by atoms with van der Waals surface area (Å²) in [6.07, 6.45) is 3.61. The number of furan rings is 1. The highest BCUT2D eigenvalue weighted by Gasteiger charge is 2.17. The number of benzene rings is 1. The van der Waals surface area contributed by atoms with Gasteiger partial charge in [-0.05, 0) is 43.9 Å². The Morgan fingerprint density at radius 2 is 1.93 bits per heavy atom. The van der Waals surface area contributed by atoms with Crippen LogP contribution < -0.4 is 16.0 Å². The molecule has 3 aromatic rings. The summed E-state index contributed by atoms with van der Waals surface area (Å²) in [4.78, 5) is 35.8. The Labute approximate surface area is 167 Å². The maximum atomic E-state index is 12.4. The summed E-state index contributed by atoms with van der Waals surface area (Å²) < 4.78 is 10.9. The highest BCUT2D eigenvalue weighted by molar-refractivity contribution is 5.96. The summed E-state index contributed by atoms with van der Waals surface area (Å²) in [5.74, 6) is -1.73. The largest absolute Gasteiger partial charge is 0.548 e. The number of amides is 1. The van der Waals surface area contributed by atoms with Gasteiger partial charge < -0.3 is 24.1 Å². The van der Waals surface area contributed by atoms with Crippen molar-refractivity contribution in [2.45, 2.75) is 58.9 Å². The molecule has 0 saturated heterocycles. The molecule has 2 heterocycles. The number of hydrogen-bond donors (Lipinski definition) is 1. The molecule has 0 unspecified atom stereocenters. The molecule has 2 aromatic heterocycles. The first-order chi connectivity index (χ1) is 13.8. The molecule has 0 spiro atoms. The molecule has 0 radical (unpaired) electrons. The molecule has 7 nitrogen and oxygen atoms in total. The Morgan fingerprint density at radius 1 is 1.17 bits per heavy atom. The molecule has 0 aliphatic carbocycles. The van der Waals surface area contributed by atoms with Gasteiger partial charge in [0.15, 0.2) is 0 Å². The minimum Gasteiger partial charge on any atom is -0.548 e. The summed E-state index contributed by atoms with van der Waals surface area (Å²) in [7, 11) is 0. The fourth-order valence-corrected chi connectivity index (χ4v) is 3.49. The summed E-state index contributed by atoms with van der Waals surface area (Å²) in [6.45, 7) is 5.69. The second-order valence-electron chi connectivity index (χ2n) is 7.34. The zero-order valence-electron chi connectivity index (χ0n) is 16.8. The summed E-state index contributed by atoms with van der Waals surface area (Å²) in [5.41, 5.74) is 2.70. The fraction of sp³-hybridized carbons (Fsp3) is 0.409. The van der Waals surface area contributed by atoms with Crippen LogP contribution in [0, 0.1) is 13.8 Å². The number of fused-ring (bicyclic) bond motifs is 2. The molecular formula is C22H24NO6-. The SMILES string of the molecule is CCCC[C@@H](NC(=O)CCc1c(C)c2cc3c(C)coc3cc2oc1=O)C(=O)[O-]. The topological polar surface area (TPSA) is 113 Å². The van der Waals surface area contributed by atoms with Crippen LogP contribution in [0.25, 0.3) is 21.9 Å². The number of carbonyl (C=O) groups is 2. The average molecular weight is 398 g/mol. The summed E-state index contributed by atoms with van der Waals surface area (Å²) >= 11 is 0. The predicted octanol–water partition coefficient (Wildman–Crippen LogP) is 2.51. The lowest BCUT2D eigenvalue weighted by molar-refractivity contribution is -0.308. The van der Waals surface area contributed by atoms with E-state index in [1.54, 1.807) is 12.3 Å². The first-order valence-electron chi connectivity index (χ1n) is 9.76. The lowest BCUT2D eigenvalue weighted by Gasteiger charge is -2.19. The van der Waals surface area contributed by atoms with Gasteiger partial charge in [0, 0.05) is 28.8 Å². The van der Waals surface area contributed by atoms with Crippen LogP contribution >= 0.6 is 0 Å². The quantitative estimate of drug-likeness (QED) is 0.584. The first-order valence-corrected chi connectivity index (χ1v) is 9.76. The van der Waals surface area contributed by atoms with Gasteiger partial charge in [-0.2, -0.15) is 0 Å². The van der Waals surface area contributed by atoms with E-state index in [1.807, 2.05) is 26.8 Å². The zero-order valence-corrected chi connectivity index (χ0v) is 16.8. The number of carbonyl (C=O) groups excluding carboxylic acids is 2. The van der Waals surface area contributed by atoms with Gasteiger partial charge in [0.1, 0.15) is 11.2 Å². The second-order valence-corrected chi connectivity index (χ2v) is 7.34. The van der Waals surface area contributed by atoms with Crippen molar-refractivity contribution in [1.82, 2.24) is 5.32 Å². The van der Waals surface area contributed by atoms with Crippen LogP contribution in [0.4, 0.5) is 0 Å². The number of carboxylic acid groups (broad SMARTS) is 1. The molecule has 0 bridgehead atoms. The van der Waals surface area contributed by atoms with Crippen molar-refractivity contribution >= 4 is 33.8 Å². The van der Waals surface area contributed by atoms with Crippen LogP contribution in [0.5, 0.6) is 0 Å². The van der Waals surface area contributed by atoms with Gasteiger partial charge in [0.05, 0.1) is 18.3 Å². The smallest absolute Gasteiger partial charge is 0.339 e. The first kappa shape index (κ1) is 20.6. The van der Waals surface area contributed by atoms with Crippen LogP contribution in [-0.2, 0) is 16.0 Å². The maximum Gasteiger partial charge on any atom is 0.339 e. The van der Waals surface area contributed by atoms with Crippen LogP contribution in [0.3, 0.4) is 0 Å². The van der Waals surface area contributed by atoms with Crippen LogP contribution in [0.2, 0.25) is 0 Å². The van der Waals surface area contributed by atoms with Crippen LogP contribution in [0.1, 0.15) is 49.3 Å². The minimum atomic E-state index is -1.30. The molecule has 3 rings (SSSR count). The third-order valence-corrected chi connectivity index (χ3v) is 5.24. The molecule has 29 heavy (non-hydrogen) atoms. The number of unbranched alkanes of at least 4 members (excludes halogenated alkanes) is 1. The number of aliphatic carboxylic acids is 1. The van der Waals surface area contributed by atoms with Gasteiger partial charge >= 0.3 is 5.63 Å². The van der Waals surface area contributed by atoms with Gasteiger partial charge in [-0.15, -0.1) is 0 Å². The number of rotatable bonds is 8. The molecule has 7 heteroatoms. The number of hydrogen-bond acceptors (Lipinski definition) is 6. The number of aryl methyl sites for hydroxylation is 2. The summed E-state index contributed by atoms with van der Waals surface area (Å²) in [6, 6.07) is 2.59. The number of carboxylic acids is 1. The van der Waals surface area contributed by atoms with Crippen LogP contribution in [0.15, 0.2) is 32.0 Å². The molecular weight excluding hydrogens is 374 g/mol. The van der Waals surface area contributed by atoms with Crippen molar-refractivity contribution < 1.29 is 23.5 Å². The standard InChI is InChI=1S/C22H25NO6/c1-4-5-6-17(21(25)26)23-20(24)8-7-14-13(3)16-9-15-12(2)11-28-18(15)10-19(16)29-22(14)27/h9-11,17H,4-8H2,1-3H3,(H,23,24)(H,25,26)/p-1/t17-/m1/s1. The van der Waals surface area contributed by atoms with E-state index < -0.39 is 23.5 Å². The second kappa shape index (κ2) is 8.51. The normalized spacial score (nSPS) is 12.4. The van der Waals surface area contributed by atoms with Gasteiger partial charge in [0.2, 0.25) is 5.91 Å². The monoisotopic (exact) mass is 398 g/mol. The van der Waals surface area contributed by atoms with Gasteiger partial charge in [-0.1, -0.05) is 19.8 Å². The van der Waals surface area contributed by atoms with E-state index in [9.17, 15) is 19.5 Å². The summed E-state index contributed by atoms with van der Waals surface area (Å²) in [5, 5.41) is 15.4. The molecule has 0 saturated carbocycles. The Kier molecular flexibility index (Phi) is 6.06. The van der Waals surface area contributed by atoms with Crippen molar-refractivity contribution in [3.05, 3.63) is 45.5 Å². The van der Waals surface area contributed by atoms with Crippen molar-refractivity contribution in [1.29, 1.82) is 0 Å². The average Bonchev–Trinajstić information content (AvgIpc) is 3.03. The fourth-order valence-electron chi connectivity index (χ4n) is 3.49. The molecule has 0 fully saturated rings. The Balaban J connectivity index is 1.81. The van der Waals surface area contributed by atoms with Gasteiger partial charge in [-0.3, -0.25) is 4.79 Å². The van der Waals surface area contributed by atoms with E-state index in [0.717, 1.165) is 28.3 Å². The molecule has 1 amide bonds. The maximum absolute atomic E-state index is 12.4. The lowest BCUT2D eigenvalue weighted by atomic mass is 10.0. The molecule has 1 atom stereocenters. The number of nitrogens with one attached hydrogen (secondary N) is 1.